The summed E-state index contributed by atoms with van der Waals surface area (Å²) in [6, 6.07) is 7.54. The normalized spacial score (nSPS) is 13.1. The number of nitrogens with one attached hydrogen (secondary N) is 2. The van der Waals surface area contributed by atoms with Gasteiger partial charge in [-0.3, -0.25) is 19.1 Å². The van der Waals surface area contributed by atoms with Crippen molar-refractivity contribution in [2.24, 2.45) is 0 Å². The van der Waals surface area contributed by atoms with Crippen molar-refractivity contribution >= 4 is 28.3 Å². The molecule has 0 saturated heterocycles. The molecule has 1 amide bonds. The van der Waals surface area contributed by atoms with Gasteiger partial charge >= 0.3 is 5.69 Å². The summed E-state index contributed by atoms with van der Waals surface area (Å²) in [5.74, 6) is -0.379. The first-order valence-electron chi connectivity index (χ1n) is 10.7. The molecule has 3 heterocycles. The number of carbonyl (C=O) groups is 1. The molecule has 1 aromatic carbocycles. The Bertz CT molecular complexity index is 1290. The van der Waals surface area contributed by atoms with Gasteiger partial charge in [-0.1, -0.05) is 19.9 Å². The van der Waals surface area contributed by atoms with Crippen LogP contribution in [0, 0.1) is 0 Å². The first-order chi connectivity index (χ1) is 14.8. The minimum Gasteiger partial charge on any atom is -0.371 e. The van der Waals surface area contributed by atoms with Gasteiger partial charge in [0.25, 0.3) is 11.5 Å². The lowest BCUT2D eigenvalue weighted by molar-refractivity contribution is 0.102. The number of carbonyl (C=O) groups excluding carboxylic acids is 1. The van der Waals surface area contributed by atoms with Crippen LogP contribution in [0.3, 0.4) is 0 Å². The third kappa shape index (κ3) is 3.62. The molecule has 0 fully saturated rings. The van der Waals surface area contributed by atoms with Crippen LogP contribution in [0.15, 0.2) is 33.9 Å². The summed E-state index contributed by atoms with van der Waals surface area (Å²) in [4.78, 5) is 47.4. The molecule has 31 heavy (non-hydrogen) atoms. The van der Waals surface area contributed by atoms with E-state index in [1.54, 1.807) is 13.0 Å². The molecule has 0 atom stereocenters. The Labute approximate surface area is 179 Å². The molecule has 162 valence electrons. The summed E-state index contributed by atoms with van der Waals surface area (Å²) in [5, 5.41) is 3.06. The highest BCUT2D eigenvalue weighted by Gasteiger charge is 2.22. The molecule has 0 bridgehead atoms. The summed E-state index contributed by atoms with van der Waals surface area (Å²) < 4.78 is 1.38. The molecule has 0 unspecified atom stereocenters. The number of aromatic nitrogens is 3. The van der Waals surface area contributed by atoms with E-state index < -0.39 is 17.2 Å². The van der Waals surface area contributed by atoms with Crippen molar-refractivity contribution in [3.05, 3.63) is 61.9 Å². The molecule has 4 rings (SSSR count). The number of likely N-dealkylation sites (N-methyl/N-ethyl adjacent to an activating group) is 1. The number of amides is 1. The van der Waals surface area contributed by atoms with Gasteiger partial charge in [-0.15, -0.1) is 0 Å². The van der Waals surface area contributed by atoms with Gasteiger partial charge in [-0.2, -0.15) is 0 Å². The number of anilines is 2. The van der Waals surface area contributed by atoms with Crippen LogP contribution in [0.4, 0.5) is 11.4 Å². The number of H-pyrrole nitrogens is 1. The summed E-state index contributed by atoms with van der Waals surface area (Å²) >= 11 is 0. The number of aromatic amines is 1. The maximum Gasteiger partial charge on any atom is 0.329 e. The van der Waals surface area contributed by atoms with E-state index in [-0.39, 0.29) is 22.5 Å². The fourth-order valence-corrected chi connectivity index (χ4v) is 4.11. The highest BCUT2D eigenvalue weighted by molar-refractivity contribution is 6.12. The zero-order chi connectivity index (χ0) is 22.3. The van der Waals surface area contributed by atoms with Gasteiger partial charge in [0.05, 0.1) is 10.9 Å². The lowest BCUT2D eigenvalue weighted by atomic mass is 10.0. The fourth-order valence-electron chi connectivity index (χ4n) is 4.11. The Hall–Kier alpha value is -3.42. The van der Waals surface area contributed by atoms with Gasteiger partial charge in [0, 0.05) is 36.7 Å². The zero-order valence-corrected chi connectivity index (χ0v) is 18.3. The zero-order valence-electron chi connectivity index (χ0n) is 18.3. The second kappa shape index (κ2) is 8.02. The molecule has 1 aliphatic rings. The van der Waals surface area contributed by atoms with Crippen molar-refractivity contribution in [1.82, 2.24) is 14.5 Å². The number of fused-ring (bicyclic) bond motifs is 2. The van der Waals surface area contributed by atoms with Gasteiger partial charge in [-0.25, -0.2) is 9.78 Å². The third-order valence-corrected chi connectivity index (χ3v) is 5.84. The van der Waals surface area contributed by atoms with Gasteiger partial charge in [0.2, 0.25) is 0 Å². The molecular formula is C23H27N5O3. The van der Waals surface area contributed by atoms with E-state index in [0.29, 0.717) is 17.9 Å². The summed E-state index contributed by atoms with van der Waals surface area (Å²) in [6.07, 6.45) is 0.994. The van der Waals surface area contributed by atoms with E-state index in [2.05, 4.69) is 27.1 Å². The molecule has 8 nitrogen and oxygen atoms in total. The Balaban J connectivity index is 1.83. The average molecular weight is 422 g/mol. The molecule has 2 N–H and O–H groups in total. The van der Waals surface area contributed by atoms with E-state index >= 15 is 0 Å². The van der Waals surface area contributed by atoms with Crippen LogP contribution in [0.5, 0.6) is 0 Å². The molecule has 0 radical (unpaired) electrons. The largest absolute Gasteiger partial charge is 0.371 e. The second-order valence-corrected chi connectivity index (χ2v) is 8.08. The summed E-state index contributed by atoms with van der Waals surface area (Å²) in [5.41, 5.74) is 3.02. The van der Waals surface area contributed by atoms with Crippen molar-refractivity contribution in [2.75, 3.05) is 23.3 Å². The predicted molar refractivity (Wildman–Crippen MR) is 122 cm³/mol. The molecule has 0 aliphatic carbocycles. The Morgan fingerprint density at radius 1 is 1.19 bits per heavy atom. The quantitative estimate of drug-likeness (QED) is 0.660. The monoisotopic (exact) mass is 421 g/mol. The number of hydrogen-bond acceptors (Lipinski definition) is 5. The van der Waals surface area contributed by atoms with Crippen LogP contribution in [0.1, 0.15) is 55.2 Å². The van der Waals surface area contributed by atoms with Crippen molar-refractivity contribution in [1.29, 1.82) is 0 Å². The molecule has 0 spiro atoms. The fraction of sp³-hybridized carbons (Fsp3) is 0.391. The lowest BCUT2D eigenvalue weighted by Gasteiger charge is -2.18. The number of nitrogens with zero attached hydrogens (tertiary/aromatic N) is 3. The van der Waals surface area contributed by atoms with Crippen molar-refractivity contribution in [3.8, 4) is 0 Å². The highest BCUT2D eigenvalue weighted by Crippen LogP contribution is 2.31. The third-order valence-electron chi connectivity index (χ3n) is 5.84. The second-order valence-electron chi connectivity index (χ2n) is 8.08. The van der Waals surface area contributed by atoms with Crippen LogP contribution < -0.4 is 21.5 Å². The van der Waals surface area contributed by atoms with Crippen LogP contribution in [-0.4, -0.2) is 33.5 Å². The SMILES string of the molecule is CCN1CCc2ccc(NC(=O)c3cc(C(C)C)nc4c3c(=O)[nH]c(=O)n4CC)cc21. The van der Waals surface area contributed by atoms with E-state index in [4.69, 9.17) is 0 Å². The van der Waals surface area contributed by atoms with Crippen LogP contribution in [0.2, 0.25) is 0 Å². The minimum atomic E-state index is -0.608. The standard InChI is InChI=1S/C23H27N5O3/c1-5-27-10-9-14-7-8-15(11-18(14)27)24-21(29)16-12-17(13(3)4)25-20-19(16)22(30)26-23(31)28(20)6-2/h7-8,11-13H,5-6,9-10H2,1-4H3,(H,24,29)(H,26,30,31). The topological polar surface area (TPSA) is 100 Å². The van der Waals surface area contributed by atoms with Crippen molar-refractivity contribution in [3.63, 3.8) is 0 Å². The van der Waals surface area contributed by atoms with E-state index in [1.165, 1.54) is 10.1 Å². The van der Waals surface area contributed by atoms with Gasteiger partial charge in [-0.05, 0) is 49.9 Å². The first kappa shape index (κ1) is 20.8. The maximum atomic E-state index is 13.3. The Kier molecular flexibility index (Phi) is 5.39. The summed E-state index contributed by atoms with van der Waals surface area (Å²) in [7, 11) is 0. The molecule has 1 aliphatic heterocycles. The molecule has 8 heteroatoms. The molecular weight excluding hydrogens is 394 g/mol. The van der Waals surface area contributed by atoms with Crippen LogP contribution in [-0.2, 0) is 13.0 Å². The number of benzene rings is 1. The Morgan fingerprint density at radius 3 is 2.65 bits per heavy atom. The smallest absolute Gasteiger partial charge is 0.329 e. The number of rotatable bonds is 5. The van der Waals surface area contributed by atoms with Crippen molar-refractivity contribution < 1.29 is 4.79 Å². The summed E-state index contributed by atoms with van der Waals surface area (Å²) in [6.45, 7) is 10.0. The van der Waals surface area contributed by atoms with E-state index in [0.717, 1.165) is 25.2 Å². The van der Waals surface area contributed by atoms with Gasteiger partial charge < -0.3 is 10.2 Å². The van der Waals surface area contributed by atoms with Gasteiger partial charge in [0.1, 0.15) is 0 Å². The predicted octanol–water partition coefficient (Wildman–Crippen LogP) is 2.86. The van der Waals surface area contributed by atoms with E-state index in [1.807, 2.05) is 32.0 Å². The highest BCUT2D eigenvalue weighted by atomic mass is 16.2. The van der Waals surface area contributed by atoms with Crippen LogP contribution >= 0.6 is 0 Å². The number of hydrogen-bond donors (Lipinski definition) is 2. The first-order valence-corrected chi connectivity index (χ1v) is 10.7. The molecule has 0 saturated carbocycles. The van der Waals surface area contributed by atoms with Crippen LogP contribution in [0.25, 0.3) is 11.0 Å². The maximum absolute atomic E-state index is 13.3. The molecule has 3 aromatic rings. The Morgan fingerprint density at radius 2 is 1.97 bits per heavy atom. The minimum absolute atomic E-state index is 0.0220. The number of aryl methyl sites for hydroxylation is 1. The van der Waals surface area contributed by atoms with E-state index in [9.17, 15) is 14.4 Å². The number of pyridine rings is 1. The lowest BCUT2D eigenvalue weighted by Crippen LogP contribution is -2.32. The molecule has 2 aromatic heterocycles. The van der Waals surface area contributed by atoms with Crippen molar-refractivity contribution in [2.45, 2.75) is 46.6 Å². The van der Waals surface area contributed by atoms with Gasteiger partial charge in [0.15, 0.2) is 5.65 Å². The average Bonchev–Trinajstić information content (AvgIpc) is 3.15.